The number of nitrogens with zero attached hydrogens (tertiary/aromatic N) is 6. The standard InChI is InChI=1S/C27H26F4N8O/c1-38-25(35-15-3-4-16(19(28)9-15)17-5-7-33-23(32)22(17)29)36-24(37-38)18-11-34-21(10-20(18)40-2)39-8-6-26(14-39)12-27(30,31)13-26/h3-5,7,9-11H,6,8,12-14H2,1-2H3,(H2,32,33)(H,35,36,37). The Morgan fingerprint density at radius 2 is 1.85 bits per heavy atom. The fourth-order valence-corrected chi connectivity index (χ4v) is 5.62. The molecule has 6 rings (SSSR count). The molecule has 2 aliphatic rings. The van der Waals surface area contributed by atoms with Crippen molar-refractivity contribution in [1.82, 2.24) is 24.7 Å². The van der Waals surface area contributed by atoms with E-state index in [9.17, 15) is 17.6 Å². The molecule has 208 valence electrons. The number of rotatable bonds is 6. The van der Waals surface area contributed by atoms with Crippen LogP contribution < -0.4 is 20.7 Å². The summed E-state index contributed by atoms with van der Waals surface area (Å²) < 4.78 is 63.4. The maximum absolute atomic E-state index is 14.9. The molecule has 1 saturated heterocycles. The van der Waals surface area contributed by atoms with Gasteiger partial charge in [0, 0.05) is 73.7 Å². The molecule has 1 saturated carbocycles. The van der Waals surface area contributed by atoms with Gasteiger partial charge in [-0.05, 0) is 30.7 Å². The highest BCUT2D eigenvalue weighted by Gasteiger charge is 2.58. The highest BCUT2D eigenvalue weighted by atomic mass is 19.3. The number of nitrogens with two attached hydrogens (primary N) is 1. The number of hydrogen-bond acceptors (Lipinski definition) is 8. The summed E-state index contributed by atoms with van der Waals surface area (Å²) in [5.41, 5.74) is 6.12. The van der Waals surface area contributed by atoms with Crippen LogP contribution in [0.2, 0.25) is 0 Å². The second kappa shape index (κ2) is 9.35. The average molecular weight is 555 g/mol. The second-order valence-electron chi connectivity index (χ2n) is 10.4. The Labute approximate surface area is 227 Å². The van der Waals surface area contributed by atoms with Crippen molar-refractivity contribution in [3.05, 3.63) is 54.4 Å². The highest BCUT2D eigenvalue weighted by molar-refractivity contribution is 5.71. The number of nitrogen functional groups attached to an aromatic ring is 1. The number of aryl methyl sites for hydroxylation is 1. The van der Waals surface area contributed by atoms with Gasteiger partial charge in [-0.25, -0.2) is 32.2 Å². The summed E-state index contributed by atoms with van der Waals surface area (Å²) in [5.74, 6) is -2.56. The van der Waals surface area contributed by atoms with E-state index in [0.717, 1.165) is 0 Å². The normalized spacial score (nSPS) is 17.2. The number of pyridine rings is 2. The van der Waals surface area contributed by atoms with Crippen LogP contribution in [0.1, 0.15) is 19.3 Å². The van der Waals surface area contributed by atoms with Crippen LogP contribution in [0, 0.1) is 17.0 Å². The zero-order valence-corrected chi connectivity index (χ0v) is 21.8. The molecule has 3 aromatic heterocycles. The van der Waals surface area contributed by atoms with Gasteiger partial charge in [-0.15, -0.1) is 5.10 Å². The van der Waals surface area contributed by atoms with Gasteiger partial charge < -0.3 is 20.7 Å². The van der Waals surface area contributed by atoms with Gasteiger partial charge in [0.05, 0.1) is 12.7 Å². The molecule has 9 nitrogen and oxygen atoms in total. The van der Waals surface area contributed by atoms with Crippen molar-refractivity contribution < 1.29 is 22.3 Å². The van der Waals surface area contributed by atoms with Crippen LogP contribution in [0.5, 0.6) is 5.75 Å². The third-order valence-electron chi connectivity index (χ3n) is 7.54. The first-order valence-corrected chi connectivity index (χ1v) is 12.6. The first kappa shape index (κ1) is 25.8. The van der Waals surface area contributed by atoms with Gasteiger partial charge in [-0.2, -0.15) is 4.98 Å². The Morgan fingerprint density at radius 3 is 2.58 bits per heavy atom. The molecule has 0 radical (unpaired) electrons. The van der Waals surface area contributed by atoms with Crippen molar-refractivity contribution >= 4 is 23.3 Å². The van der Waals surface area contributed by atoms with Gasteiger partial charge in [0.1, 0.15) is 17.4 Å². The molecule has 0 amide bonds. The second-order valence-corrected chi connectivity index (χ2v) is 10.4. The molecular weight excluding hydrogens is 528 g/mol. The van der Waals surface area contributed by atoms with Gasteiger partial charge in [-0.3, -0.25) is 0 Å². The number of hydrogen-bond donors (Lipinski definition) is 2. The zero-order chi connectivity index (χ0) is 28.2. The molecule has 1 aliphatic heterocycles. The van der Waals surface area contributed by atoms with Crippen LogP contribution in [0.15, 0.2) is 42.7 Å². The molecule has 13 heteroatoms. The van der Waals surface area contributed by atoms with Crippen LogP contribution >= 0.6 is 0 Å². The van der Waals surface area contributed by atoms with E-state index >= 15 is 0 Å². The number of aromatic nitrogens is 5. The highest BCUT2D eigenvalue weighted by Crippen LogP contribution is 2.57. The van der Waals surface area contributed by atoms with E-state index in [4.69, 9.17) is 10.5 Å². The molecule has 1 aromatic carbocycles. The van der Waals surface area contributed by atoms with E-state index in [1.807, 2.05) is 4.90 Å². The van der Waals surface area contributed by atoms with E-state index in [-0.39, 0.29) is 35.2 Å². The van der Waals surface area contributed by atoms with Crippen molar-refractivity contribution in [2.45, 2.75) is 25.2 Å². The summed E-state index contributed by atoms with van der Waals surface area (Å²) in [5, 5.41) is 7.46. The molecule has 4 aromatic rings. The van der Waals surface area contributed by atoms with E-state index in [2.05, 4.69) is 25.4 Å². The Kier molecular flexibility index (Phi) is 6.04. The summed E-state index contributed by atoms with van der Waals surface area (Å²) in [6.07, 6.45) is 3.45. The molecule has 0 unspecified atom stereocenters. The number of methoxy groups -OCH3 is 1. The molecule has 0 atom stereocenters. The van der Waals surface area contributed by atoms with Crippen LogP contribution in [0.4, 0.5) is 40.8 Å². The third kappa shape index (κ3) is 4.54. The SMILES string of the molecule is COc1cc(N2CCC3(C2)CC(F)(F)C3)ncc1-c1nc(Nc2ccc(-c3ccnc(N)c3F)c(F)c2)n(C)n1. The Balaban J connectivity index is 1.21. The minimum atomic E-state index is -2.57. The summed E-state index contributed by atoms with van der Waals surface area (Å²) in [6, 6.07) is 7.35. The summed E-state index contributed by atoms with van der Waals surface area (Å²) >= 11 is 0. The molecule has 1 aliphatic carbocycles. The molecule has 1 spiro atoms. The van der Waals surface area contributed by atoms with Crippen LogP contribution in [0.3, 0.4) is 0 Å². The Hall–Kier alpha value is -4.42. The van der Waals surface area contributed by atoms with Gasteiger partial charge in [0.25, 0.3) is 0 Å². The number of benzene rings is 1. The van der Waals surface area contributed by atoms with Crippen LogP contribution in [-0.2, 0) is 7.05 Å². The third-order valence-corrected chi connectivity index (χ3v) is 7.54. The number of anilines is 4. The minimum absolute atomic E-state index is 0.00950. The number of alkyl halides is 2. The molecule has 2 fully saturated rings. The monoisotopic (exact) mass is 554 g/mol. The summed E-state index contributed by atoms with van der Waals surface area (Å²) in [7, 11) is 3.19. The average Bonchev–Trinajstić information content (AvgIpc) is 3.49. The van der Waals surface area contributed by atoms with Crippen molar-refractivity contribution in [2.75, 3.05) is 36.1 Å². The lowest BCUT2D eigenvalue weighted by molar-refractivity contribution is -0.152. The van der Waals surface area contributed by atoms with E-state index in [0.29, 0.717) is 54.1 Å². The maximum Gasteiger partial charge on any atom is 0.249 e. The van der Waals surface area contributed by atoms with Crippen LogP contribution in [0.25, 0.3) is 22.5 Å². The van der Waals surface area contributed by atoms with E-state index < -0.39 is 17.6 Å². The van der Waals surface area contributed by atoms with Gasteiger partial charge >= 0.3 is 0 Å². The molecule has 4 heterocycles. The number of ether oxygens (including phenoxy) is 1. The van der Waals surface area contributed by atoms with Crippen molar-refractivity contribution in [1.29, 1.82) is 0 Å². The first-order valence-electron chi connectivity index (χ1n) is 12.6. The molecule has 0 bridgehead atoms. The smallest absolute Gasteiger partial charge is 0.249 e. The lowest BCUT2D eigenvalue weighted by atomic mass is 9.65. The van der Waals surface area contributed by atoms with E-state index in [1.54, 1.807) is 25.4 Å². The quantitative estimate of drug-likeness (QED) is 0.314. The van der Waals surface area contributed by atoms with Crippen LogP contribution in [-0.4, -0.2) is 50.9 Å². The number of nitrogens with one attached hydrogen (secondary N) is 1. The largest absolute Gasteiger partial charge is 0.496 e. The van der Waals surface area contributed by atoms with Gasteiger partial charge in [0.2, 0.25) is 11.9 Å². The first-order chi connectivity index (χ1) is 19.1. The zero-order valence-electron chi connectivity index (χ0n) is 21.8. The minimum Gasteiger partial charge on any atom is -0.496 e. The molecule has 40 heavy (non-hydrogen) atoms. The molecular formula is C27H26F4N8O. The van der Waals surface area contributed by atoms with Crippen molar-refractivity contribution in [3.8, 4) is 28.3 Å². The fraction of sp³-hybridized carbons (Fsp3) is 0.333. The Bertz CT molecular complexity index is 1600. The van der Waals surface area contributed by atoms with Crippen molar-refractivity contribution in [3.63, 3.8) is 0 Å². The maximum atomic E-state index is 14.9. The molecule has 3 N–H and O–H groups in total. The van der Waals surface area contributed by atoms with Crippen molar-refractivity contribution in [2.24, 2.45) is 12.5 Å². The lowest BCUT2D eigenvalue weighted by Crippen LogP contribution is -2.47. The lowest BCUT2D eigenvalue weighted by Gasteiger charge is -2.44. The van der Waals surface area contributed by atoms with Gasteiger partial charge in [-0.1, -0.05) is 0 Å². The van der Waals surface area contributed by atoms with Gasteiger partial charge in [0.15, 0.2) is 17.5 Å². The summed E-state index contributed by atoms with van der Waals surface area (Å²) in [4.78, 5) is 14.7. The summed E-state index contributed by atoms with van der Waals surface area (Å²) in [6.45, 7) is 1.18. The predicted molar refractivity (Wildman–Crippen MR) is 142 cm³/mol. The van der Waals surface area contributed by atoms with E-state index in [1.165, 1.54) is 36.2 Å². The topological polar surface area (TPSA) is 107 Å². The number of halogens is 4. The predicted octanol–water partition coefficient (Wildman–Crippen LogP) is 5.18. The fourth-order valence-electron chi connectivity index (χ4n) is 5.62. The Morgan fingerprint density at radius 1 is 1.05 bits per heavy atom.